The monoisotopic (exact) mass is 300 g/mol. The number of halogens is 1. The first-order chi connectivity index (χ1) is 8.15. The summed E-state index contributed by atoms with van der Waals surface area (Å²) in [5.74, 6) is -0.0860. The smallest absolute Gasteiger partial charge is 0.411 e. The van der Waals surface area contributed by atoms with E-state index in [9.17, 15) is 9.59 Å². The highest BCUT2D eigenvalue weighted by Gasteiger charge is 2.04. The minimum Gasteiger partial charge on any atom is -0.453 e. The number of hydrogen-bond donors (Lipinski definition) is 2. The molecule has 17 heavy (non-hydrogen) atoms. The van der Waals surface area contributed by atoms with Crippen LogP contribution in [0.5, 0.6) is 0 Å². The number of hydrogen-bond acceptors (Lipinski definition) is 3. The maximum atomic E-state index is 11.3. The Bertz CT molecular complexity index is 409. The predicted octanol–water partition coefficient (Wildman–Crippen LogP) is 2.59. The maximum Gasteiger partial charge on any atom is 0.411 e. The molecule has 0 saturated heterocycles. The van der Waals surface area contributed by atoms with Gasteiger partial charge in [-0.25, -0.2) is 4.79 Å². The molecule has 0 fully saturated rings. The topological polar surface area (TPSA) is 67.4 Å². The van der Waals surface area contributed by atoms with Crippen LogP contribution in [0.15, 0.2) is 24.3 Å². The van der Waals surface area contributed by atoms with Gasteiger partial charge >= 0.3 is 6.09 Å². The Morgan fingerprint density at radius 2 is 1.94 bits per heavy atom. The van der Waals surface area contributed by atoms with E-state index in [1.54, 1.807) is 24.3 Å². The van der Waals surface area contributed by atoms with E-state index >= 15 is 0 Å². The molecular formula is C11H13BrN2O3. The molecule has 0 atom stereocenters. The molecule has 0 aromatic heterocycles. The zero-order valence-corrected chi connectivity index (χ0v) is 10.9. The first-order valence-corrected chi connectivity index (χ1v) is 6.08. The second-order valence-electron chi connectivity index (χ2n) is 3.18. The molecule has 0 bridgehead atoms. The highest BCUT2D eigenvalue weighted by molar-refractivity contribution is 9.09. The largest absolute Gasteiger partial charge is 0.453 e. The Hall–Kier alpha value is -1.56. The van der Waals surface area contributed by atoms with Crippen LogP contribution in [0.3, 0.4) is 0 Å². The Balaban J connectivity index is 2.65. The van der Waals surface area contributed by atoms with Gasteiger partial charge in [0.25, 0.3) is 0 Å². The Morgan fingerprint density at radius 3 is 2.53 bits per heavy atom. The number of carbonyl (C=O) groups is 2. The maximum absolute atomic E-state index is 11.3. The van der Waals surface area contributed by atoms with Crippen LogP contribution in [0.25, 0.3) is 0 Å². The molecule has 5 nitrogen and oxygen atoms in total. The van der Waals surface area contributed by atoms with Crippen LogP contribution in [0.2, 0.25) is 0 Å². The average Bonchev–Trinajstić information content (AvgIpc) is 2.29. The van der Waals surface area contributed by atoms with Crippen molar-refractivity contribution in [3.63, 3.8) is 0 Å². The van der Waals surface area contributed by atoms with Gasteiger partial charge in [0, 0.05) is 23.1 Å². The number of anilines is 2. The van der Waals surface area contributed by atoms with Crippen molar-refractivity contribution in [2.24, 2.45) is 0 Å². The number of rotatable bonds is 4. The third kappa shape index (κ3) is 4.86. The number of carbonyl (C=O) groups excluding carboxylic acids is 2. The molecule has 0 spiro atoms. The molecule has 0 radical (unpaired) electrons. The molecule has 2 amide bonds. The van der Waals surface area contributed by atoms with E-state index in [0.717, 1.165) is 0 Å². The molecule has 1 aromatic carbocycles. The van der Waals surface area contributed by atoms with E-state index in [0.29, 0.717) is 23.1 Å². The first kappa shape index (κ1) is 13.5. The second-order valence-corrected chi connectivity index (χ2v) is 3.98. The lowest BCUT2D eigenvalue weighted by Gasteiger charge is -2.07. The highest BCUT2D eigenvalue weighted by atomic mass is 79.9. The Labute approximate surface area is 108 Å². The lowest BCUT2D eigenvalue weighted by Crippen LogP contribution is -2.13. The van der Waals surface area contributed by atoms with E-state index in [4.69, 9.17) is 0 Å². The van der Waals surface area contributed by atoms with Crippen molar-refractivity contribution < 1.29 is 14.3 Å². The quantitative estimate of drug-likeness (QED) is 0.840. The summed E-state index contributed by atoms with van der Waals surface area (Å²) >= 11 is 3.19. The van der Waals surface area contributed by atoms with Gasteiger partial charge in [0.2, 0.25) is 5.91 Å². The average molecular weight is 301 g/mol. The molecule has 1 aromatic rings. The summed E-state index contributed by atoms with van der Waals surface area (Å²) in [6.45, 7) is 0. The number of alkyl halides is 1. The molecule has 92 valence electrons. The third-order valence-corrected chi connectivity index (χ3v) is 2.30. The fraction of sp³-hybridized carbons (Fsp3) is 0.273. The standard InChI is InChI=1S/C11H13BrN2O3/c1-17-11(16)14-9-4-2-3-8(7-9)13-10(15)5-6-12/h2-4,7H,5-6H2,1H3,(H,13,15)(H,14,16). The van der Waals surface area contributed by atoms with Crippen molar-refractivity contribution in [1.29, 1.82) is 0 Å². The summed E-state index contributed by atoms with van der Waals surface area (Å²) in [5.41, 5.74) is 1.19. The molecule has 0 unspecified atom stereocenters. The van der Waals surface area contributed by atoms with Crippen LogP contribution in [0.4, 0.5) is 16.2 Å². The summed E-state index contributed by atoms with van der Waals surface area (Å²) < 4.78 is 4.47. The van der Waals surface area contributed by atoms with Crippen molar-refractivity contribution in [2.45, 2.75) is 6.42 Å². The lowest BCUT2D eigenvalue weighted by molar-refractivity contribution is -0.115. The summed E-state index contributed by atoms with van der Waals surface area (Å²) in [5, 5.41) is 5.84. The molecular weight excluding hydrogens is 288 g/mol. The van der Waals surface area contributed by atoms with E-state index in [1.165, 1.54) is 7.11 Å². The van der Waals surface area contributed by atoms with Crippen LogP contribution < -0.4 is 10.6 Å². The zero-order valence-electron chi connectivity index (χ0n) is 9.33. The lowest BCUT2D eigenvalue weighted by atomic mass is 10.2. The minimum absolute atomic E-state index is 0.0860. The van der Waals surface area contributed by atoms with Crippen LogP contribution >= 0.6 is 15.9 Å². The summed E-state index contributed by atoms with van der Waals surface area (Å²) in [6, 6.07) is 6.84. The van der Waals surface area contributed by atoms with Gasteiger partial charge in [-0.05, 0) is 18.2 Å². The highest BCUT2D eigenvalue weighted by Crippen LogP contribution is 2.15. The zero-order chi connectivity index (χ0) is 12.7. The van der Waals surface area contributed by atoms with Crippen LogP contribution in [0.1, 0.15) is 6.42 Å². The van der Waals surface area contributed by atoms with Gasteiger partial charge in [-0.3, -0.25) is 10.1 Å². The number of benzene rings is 1. The second kappa shape index (κ2) is 6.90. The van der Waals surface area contributed by atoms with Crippen LogP contribution in [0, 0.1) is 0 Å². The Morgan fingerprint density at radius 1 is 1.29 bits per heavy atom. The van der Waals surface area contributed by atoms with Gasteiger partial charge in [-0.15, -0.1) is 0 Å². The number of nitrogens with one attached hydrogen (secondary N) is 2. The molecule has 1 rings (SSSR count). The Kier molecular flexibility index (Phi) is 5.48. The fourth-order valence-electron chi connectivity index (χ4n) is 1.15. The van der Waals surface area contributed by atoms with Gasteiger partial charge in [-0.2, -0.15) is 0 Å². The van der Waals surface area contributed by atoms with Gasteiger partial charge in [-0.1, -0.05) is 22.0 Å². The van der Waals surface area contributed by atoms with Crippen molar-refractivity contribution in [3.05, 3.63) is 24.3 Å². The van der Waals surface area contributed by atoms with E-state index < -0.39 is 6.09 Å². The van der Waals surface area contributed by atoms with E-state index in [2.05, 4.69) is 31.3 Å². The first-order valence-electron chi connectivity index (χ1n) is 4.96. The molecule has 0 saturated carbocycles. The molecule has 6 heteroatoms. The summed E-state index contributed by atoms with van der Waals surface area (Å²) in [6.07, 6.45) is -0.150. The van der Waals surface area contributed by atoms with Gasteiger partial charge in [0.05, 0.1) is 7.11 Å². The van der Waals surface area contributed by atoms with Crippen molar-refractivity contribution in [2.75, 3.05) is 23.1 Å². The van der Waals surface area contributed by atoms with Gasteiger partial charge in [0.1, 0.15) is 0 Å². The van der Waals surface area contributed by atoms with Crippen molar-refractivity contribution >= 4 is 39.3 Å². The van der Waals surface area contributed by atoms with Gasteiger partial charge < -0.3 is 10.1 Å². The normalized spacial score (nSPS) is 9.53. The molecule has 0 aliphatic heterocycles. The van der Waals surface area contributed by atoms with E-state index in [1.807, 2.05) is 0 Å². The SMILES string of the molecule is COC(=O)Nc1cccc(NC(=O)CCBr)c1. The van der Waals surface area contributed by atoms with Crippen LogP contribution in [-0.2, 0) is 9.53 Å². The molecule has 0 aliphatic rings. The fourth-order valence-corrected chi connectivity index (χ4v) is 1.51. The predicted molar refractivity (Wildman–Crippen MR) is 69.5 cm³/mol. The van der Waals surface area contributed by atoms with Crippen molar-refractivity contribution in [3.8, 4) is 0 Å². The molecule has 0 aliphatic carbocycles. The van der Waals surface area contributed by atoms with E-state index in [-0.39, 0.29) is 5.91 Å². The summed E-state index contributed by atoms with van der Waals surface area (Å²) in [4.78, 5) is 22.3. The number of ether oxygens (including phenoxy) is 1. The summed E-state index contributed by atoms with van der Waals surface area (Å²) in [7, 11) is 1.29. The van der Waals surface area contributed by atoms with Gasteiger partial charge in [0.15, 0.2) is 0 Å². The minimum atomic E-state index is -0.547. The number of amides is 2. The third-order valence-electron chi connectivity index (χ3n) is 1.90. The molecule has 0 heterocycles. The molecule has 2 N–H and O–H groups in total. The number of methoxy groups -OCH3 is 1. The van der Waals surface area contributed by atoms with Crippen molar-refractivity contribution in [1.82, 2.24) is 0 Å². The van der Waals surface area contributed by atoms with Crippen LogP contribution in [-0.4, -0.2) is 24.4 Å².